The Kier molecular flexibility index (Phi) is 4.54. The van der Waals surface area contributed by atoms with Crippen LogP contribution in [0.5, 0.6) is 0 Å². The van der Waals surface area contributed by atoms with Gasteiger partial charge in [0.25, 0.3) is 0 Å². The van der Waals surface area contributed by atoms with E-state index in [0.29, 0.717) is 0 Å². The second kappa shape index (κ2) is 5.79. The fourth-order valence-electron chi connectivity index (χ4n) is 2.70. The Labute approximate surface area is 119 Å². The van der Waals surface area contributed by atoms with Crippen molar-refractivity contribution in [3.05, 3.63) is 33.8 Å². The Bertz CT molecular complexity index is 392. The van der Waals surface area contributed by atoms with Crippen LogP contribution >= 0.6 is 23.2 Å². The third-order valence-corrected chi connectivity index (χ3v) is 4.77. The van der Waals surface area contributed by atoms with Crippen LogP contribution in [0.25, 0.3) is 0 Å². The van der Waals surface area contributed by atoms with Crippen LogP contribution < -0.4 is 5.32 Å². The van der Waals surface area contributed by atoms with Gasteiger partial charge in [0, 0.05) is 23.2 Å². The fourth-order valence-corrected chi connectivity index (χ4v) is 3.25. The summed E-state index contributed by atoms with van der Waals surface area (Å²) in [7, 11) is 3.76. The average Bonchev–Trinajstić information content (AvgIpc) is 2.30. The number of nitrogens with one attached hydrogen (secondary N) is 1. The molecule has 0 bridgehead atoms. The van der Waals surface area contributed by atoms with E-state index in [4.69, 9.17) is 27.9 Å². The zero-order valence-corrected chi connectivity index (χ0v) is 12.3. The number of methoxy groups -OCH3 is 1. The molecule has 1 aliphatic carbocycles. The maximum atomic E-state index is 6.23. The average molecular weight is 288 g/mol. The maximum Gasteiger partial charge on any atom is 0.0834 e. The summed E-state index contributed by atoms with van der Waals surface area (Å²) in [4.78, 5) is 0. The number of hydrogen-bond acceptors (Lipinski definition) is 2. The molecule has 2 nitrogen and oxygen atoms in total. The molecule has 1 aliphatic rings. The molecule has 1 N–H and O–H groups in total. The minimum Gasteiger partial charge on any atom is -0.377 e. The Hall–Kier alpha value is -0.280. The van der Waals surface area contributed by atoms with E-state index in [1.807, 2.05) is 25.2 Å². The number of hydrogen-bond donors (Lipinski definition) is 1. The van der Waals surface area contributed by atoms with Crippen LogP contribution in [0.1, 0.15) is 24.8 Å². The lowest BCUT2D eigenvalue weighted by Gasteiger charge is -2.46. The molecule has 18 heavy (non-hydrogen) atoms. The summed E-state index contributed by atoms with van der Waals surface area (Å²) in [5.41, 5.74) is 0.945. The number of benzene rings is 1. The molecular formula is C14H19Cl2NO. The predicted molar refractivity (Wildman–Crippen MR) is 76.6 cm³/mol. The zero-order chi connectivity index (χ0) is 13.2. The van der Waals surface area contributed by atoms with Crippen molar-refractivity contribution in [2.45, 2.75) is 37.3 Å². The van der Waals surface area contributed by atoms with E-state index in [2.05, 4.69) is 5.32 Å². The summed E-state index contributed by atoms with van der Waals surface area (Å²) in [5.74, 6) is 0. The van der Waals surface area contributed by atoms with Crippen molar-refractivity contribution in [3.63, 3.8) is 0 Å². The quantitative estimate of drug-likeness (QED) is 0.892. The van der Waals surface area contributed by atoms with Crippen LogP contribution in [-0.2, 0) is 11.2 Å². The number of likely N-dealkylation sites (N-methyl/N-ethyl adjacent to an activating group) is 1. The number of halogens is 2. The molecule has 0 amide bonds. The first-order valence-electron chi connectivity index (χ1n) is 6.28. The van der Waals surface area contributed by atoms with Gasteiger partial charge in [0.15, 0.2) is 0 Å². The Morgan fingerprint density at radius 2 is 1.94 bits per heavy atom. The van der Waals surface area contributed by atoms with Crippen LogP contribution in [0.3, 0.4) is 0 Å². The molecule has 2 rings (SSSR count). The summed E-state index contributed by atoms with van der Waals surface area (Å²) in [6.45, 7) is 0. The largest absolute Gasteiger partial charge is 0.377 e. The van der Waals surface area contributed by atoms with Crippen molar-refractivity contribution in [2.75, 3.05) is 14.2 Å². The number of rotatable bonds is 5. The summed E-state index contributed by atoms with van der Waals surface area (Å²) in [6.07, 6.45) is 4.21. The molecule has 1 atom stereocenters. The Morgan fingerprint density at radius 1 is 1.33 bits per heavy atom. The van der Waals surface area contributed by atoms with Gasteiger partial charge in [-0.25, -0.2) is 0 Å². The predicted octanol–water partition coefficient (Wildman–Crippen LogP) is 3.69. The molecule has 100 valence electrons. The first-order chi connectivity index (χ1) is 8.63. The van der Waals surface area contributed by atoms with Gasteiger partial charge in [0.05, 0.1) is 5.60 Å². The molecular weight excluding hydrogens is 269 g/mol. The summed E-state index contributed by atoms with van der Waals surface area (Å²) in [5, 5.41) is 4.82. The van der Waals surface area contributed by atoms with Gasteiger partial charge in [-0.2, -0.15) is 0 Å². The van der Waals surface area contributed by atoms with E-state index in [1.165, 1.54) is 6.42 Å². The van der Waals surface area contributed by atoms with Crippen LogP contribution in [0.15, 0.2) is 18.2 Å². The van der Waals surface area contributed by atoms with Crippen LogP contribution in [0.2, 0.25) is 10.0 Å². The van der Waals surface area contributed by atoms with Gasteiger partial charge in [-0.05, 0) is 50.4 Å². The van der Waals surface area contributed by atoms with Crippen LogP contribution in [-0.4, -0.2) is 25.8 Å². The van der Waals surface area contributed by atoms with E-state index in [9.17, 15) is 0 Å². The molecule has 1 saturated carbocycles. The highest BCUT2D eigenvalue weighted by Gasteiger charge is 2.44. The highest BCUT2D eigenvalue weighted by atomic mass is 35.5. The summed E-state index contributed by atoms with van der Waals surface area (Å²) in [6, 6.07) is 5.89. The maximum absolute atomic E-state index is 6.23. The van der Waals surface area contributed by atoms with E-state index in [-0.39, 0.29) is 11.6 Å². The molecule has 0 radical (unpaired) electrons. The molecule has 1 fully saturated rings. The van der Waals surface area contributed by atoms with Crippen molar-refractivity contribution in [1.29, 1.82) is 0 Å². The lowest BCUT2D eigenvalue weighted by Crippen LogP contribution is -2.56. The standard InChI is InChI=1S/C14H19Cl2NO/c1-17-13(14(18-2)7-4-8-14)9-10-11(15)5-3-6-12(10)16/h3,5-6,13,17H,4,7-9H2,1-2H3. The minimum atomic E-state index is -0.0583. The van der Waals surface area contributed by atoms with E-state index in [0.717, 1.165) is 34.9 Å². The second-order valence-corrected chi connectivity index (χ2v) is 5.68. The lowest BCUT2D eigenvalue weighted by molar-refractivity contribution is -0.0966. The van der Waals surface area contributed by atoms with Crippen LogP contribution in [0, 0.1) is 0 Å². The first-order valence-corrected chi connectivity index (χ1v) is 7.04. The Morgan fingerprint density at radius 3 is 2.33 bits per heavy atom. The Balaban J connectivity index is 2.20. The lowest BCUT2D eigenvalue weighted by atomic mass is 9.72. The molecule has 0 aliphatic heterocycles. The molecule has 1 aromatic carbocycles. The van der Waals surface area contributed by atoms with Gasteiger partial charge in [0.2, 0.25) is 0 Å². The van der Waals surface area contributed by atoms with E-state index >= 15 is 0 Å². The molecule has 0 saturated heterocycles. The third-order valence-electron chi connectivity index (χ3n) is 4.06. The van der Waals surface area contributed by atoms with Gasteiger partial charge in [-0.3, -0.25) is 0 Å². The minimum absolute atomic E-state index is 0.0583. The molecule has 0 spiro atoms. The zero-order valence-electron chi connectivity index (χ0n) is 10.8. The molecule has 0 aromatic heterocycles. The monoisotopic (exact) mass is 287 g/mol. The van der Waals surface area contributed by atoms with Gasteiger partial charge in [0.1, 0.15) is 0 Å². The van der Waals surface area contributed by atoms with Crippen LogP contribution in [0.4, 0.5) is 0 Å². The highest BCUT2D eigenvalue weighted by Crippen LogP contribution is 2.40. The normalized spacial score (nSPS) is 19.3. The first kappa shape index (κ1) is 14.1. The van der Waals surface area contributed by atoms with Gasteiger partial charge < -0.3 is 10.1 Å². The van der Waals surface area contributed by atoms with Crippen molar-refractivity contribution >= 4 is 23.2 Å². The van der Waals surface area contributed by atoms with E-state index in [1.54, 1.807) is 7.11 Å². The molecule has 0 heterocycles. The third kappa shape index (κ3) is 2.53. The molecule has 4 heteroatoms. The smallest absolute Gasteiger partial charge is 0.0834 e. The van der Waals surface area contributed by atoms with Crippen molar-refractivity contribution < 1.29 is 4.74 Å². The summed E-state index contributed by atoms with van der Waals surface area (Å²) >= 11 is 12.5. The molecule has 1 unspecified atom stereocenters. The van der Waals surface area contributed by atoms with Gasteiger partial charge in [-0.1, -0.05) is 29.3 Å². The highest BCUT2D eigenvalue weighted by molar-refractivity contribution is 6.36. The van der Waals surface area contributed by atoms with Gasteiger partial charge in [-0.15, -0.1) is 0 Å². The fraction of sp³-hybridized carbons (Fsp3) is 0.571. The van der Waals surface area contributed by atoms with Gasteiger partial charge >= 0.3 is 0 Å². The van der Waals surface area contributed by atoms with Crippen molar-refractivity contribution in [3.8, 4) is 0 Å². The topological polar surface area (TPSA) is 21.3 Å². The summed E-state index contributed by atoms with van der Waals surface area (Å²) < 4.78 is 5.73. The van der Waals surface area contributed by atoms with Crippen molar-refractivity contribution in [2.24, 2.45) is 0 Å². The molecule has 1 aromatic rings. The van der Waals surface area contributed by atoms with E-state index < -0.39 is 0 Å². The SMILES string of the molecule is CNC(Cc1c(Cl)cccc1Cl)C1(OC)CCC1. The van der Waals surface area contributed by atoms with Crippen molar-refractivity contribution in [1.82, 2.24) is 5.32 Å². The second-order valence-electron chi connectivity index (χ2n) is 4.87. The number of ether oxygens (including phenoxy) is 1.